The first-order valence-electron chi connectivity index (χ1n) is 4.94. The van der Waals surface area contributed by atoms with Crippen molar-refractivity contribution in [2.24, 2.45) is 0 Å². The Morgan fingerprint density at radius 1 is 1.06 bits per heavy atom. The second kappa shape index (κ2) is 3.85. The fourth-order valence-electron chi connectivity index (χ4n) is 1.69. The summed E-state index contributed by atoms with van der Waals surface area (Å²) in [5.41, 5.74) is 7.58. The van der Waals surface area contributed by atoms with Crippen LogP contribution in [0.2, 0.25) is 0 Å². The number of aromatic hydroxyl groups is 1. The number of rotatable bonds is 1. The molecule has 2 nitrogen and oxygen atoms in total. The Balaban J connectivity index is 2.66. The molecule has 16 heavy (non-hydrogen) atoms. The second-order valence-corrected chi connectivity index (χ2v) is 3.66. The summed E-state index contributed by atoms with van der Waals surface area (Å²) in [7, 11) is 0. The van der Waals surface area contributed by atoms with Crippen LogP contribution in [-0.2, 0) is 0 Å². The van der Waals surface area contributed by atoms with Crippen LogP contribution in [0.15, 0.2) is 36.4 Å². The molecule has 0 aromatic heterocycles. The molecule has 0 atom stereocenters. The molecule has 0 heterocycles. The maximum atomic E-state index is 13.6. The predicted octanol–water partition coefficient (Wildman–Crippen LogP) is 3.09. The van der Waals surface area contributed by atoms with Gasteiger partial charge in [-0.3, -0.25) is 0 Å². The molecule has 0 bridgehead atoms. The van der Waals surface area contributed by atoms with Crippen LogP contribution in [0.4, 0.5) is 10.1 Å². The summed E-state index contributed by atoms with van der Waals surface area (Å²) in [5, 5.41) is 9.69. The van der Waals surface area contributed by atoms with E-state index in [4.69, 9.17) is 5.73 Å². The molecule has 0 saturated heterocycles. The largest absolute Gasteiger partial charge is 0.505 e. The molecule has 0 saturated carbocycles. The number of hydrogen-bond acceptors (Lipinski definition) is 2. The fourth-order valence-corrected chi connectivity index (χ4v) is 1.69. The van der Waals surface area contributed by atoms with E-state index in [-0.39, 0.29) is 11.6 Å². The van der Waals surface area contributed by atoms with Gasteiger partial charge >= 0.3 is 0 Å². The lowest BCUT2D eigenvalue weighted by molar-refractivity contribution is 0.474. The maximum absolute atomic E-state index is 13.6. The zero-order valence-corrected chi connectivity index (χ0v) is 8.87. The van der Waals surface area contributed by atoms with Crippen LogP contribution in [-0.4, -0.2) is 5.11 Å². The molecule has 0 spiro atoms. The van der Waals surface area contributed by atoms with Crippen molar-refractivity contribution in [3.8, 4) is 16.9 Å². The molecule has 2 aromatic carbocycles. The van der Waals surface area contributed by atoms with Crippen molar-refractivity contribution in [3.05, 3.63) is 47.8 Å². The number of nitrogen functional groups attached to an aromatic ring is 1. The van der Waals surface area contributed by atoms with Gasteiger partial charge in [0.2, 0.25) is 0 Å². The second-order valence-electron chi connectivity index (χ2n) is 3.66. The summed E-state index contributed by atoms with van der Waals surface area (Å²) in [5.74, 6) is -0.296. The lowest BCUT2D eigenvalue weighted by Gasteiger charge is -2.10. The van der Waals surface area contributed by atoms with Crippen LogP contribution < -0.4 is 5.73 Å². The normalized spacial score (nSPS) is 10.4. The molecule has 2 rings (SSSR count). The number of phenolic OH excluding ortho intramolecular Hbond substituents is 1. The number of nitrogens with two attached hydrogens (primary N) is 1. The van der Waals surface area contributed by atoms with Gasteiger partial charge in [0.1, 0.15) is 11.6 Å². The lowest BCUT2D eigenvalue weighted by atomic mass is 9.99. The number of halogens is 1. The Kier molecular flexibility index (Phi) is 2.52. The minimum Gasteiger partial charge on any atom is -0.505 e. The minimum atomic E-state index is -0.310. The highest BCUT2D eigenvalue weighted by Gasteiger charge is 2.11. The van der Waals surface area contributed by atoms with Crippen molar-refractivity contribution >= 4 is 5.69 Å². The van der Waals surface area contributed by atoms with E-state index in [2.05, 4.69) is 0 Å². The van der Waals surface area contributed by atoms with Crippen molar-refractivity contribution in [3.63, 3.8) is 0 Å². The SMILES string of the molecule is Cc1c(-c2ccccc2F)ccc(N)c1O. The predicted molar refractivity (Wildman–Crippen MR) is 62.7 cm³/mol. The third-order valence-corrected chi connectivity index (χ3v) is 2.63. The standard InChI is InChI=1S/C13H12FNO/c1-8-9(6-7-12(15)13(8)16)10-4-2-3-5-11(10)14/h2-7,16H,15H2,1H3. The first kappa shape index (κ1) is 10.5. The quantitative estimate of drug-likeness (QED) is 0.569. The van der Waals surface area contributed by atoms with Gasteiger partial charge in [-0.2, -0.15) is 0 Å². The maximum Gasteiger partial charge on any atom is 0.141 e. The van der Waals surface area contributed by atoms with Crippen molar-refractivity contribution in [1.82, 2.24) is 0 Å². The van der Waals surface area contributed by atoms with Gasteiger partial charge < -0.3 is 10.8 Å². The molecule has 0 unspecified atom stereocenters. The number of anilines is 1. The third-order valence-electron chi connectivity index (χ3n) is 2.63. The van der Waals surface area contributed by atoms with Crippen molar-refractivity contribution < 1.29 is 9.50 Å². The molecular weight excluding hydrogens is 205 g/mol. The first-order valence-corrected chi connectivity index (χ1v) is 4.94. The van der Waals surface area contributed by atoms with Gasteiger partial charge in [0.15, 0.2) is 0 Å². The Bertz CT molecular complexity index is 537. The van der Waals surface area contributed by atoms with E-state index in [1.807, 2.05) is 0 Å². The summed E-state index contributed by atoms with van der Waals surface area (Å²) >= 11 is 0. The fraction of sp³-hybridized carbons (Fsp3) is 0.0769. The molecule has 0 aliphatic rings. The topological polar surface area (TPSA) is 46.2 Å². The van der Waals surface area contributed by atoms with Gasteiger partial charge in [-0.05, 0) is 24.6 Å². The molecule has 3 heteroatoms. The Hall–Kier alpha value is -2.03. The van der Waals surface area contributed by atoms with Gasteiger partial charge in [0.05, 0.1) is 5.69 Å². The molecule has 3 N–H and O–H groups in total. The van der Waals surface area contributed by atoms with E-state index in [1.165, 1.54) is 6.07 Å². The average molecular weight is 217 g/mol. The molecule has 2 aromatic rings. The van der Waals surface area contributed by atoms with E-state index in [0.29, 0.717) is 22.4 Å². The van der Waals surface area contributed by atoms with Crippen LogP contribution in [0, 0.1) is 12.7 Å². The monoisotopic (exact) mass is 217 g/mol. The Labute approximate surface area is 93.2 Å². The lowest BCUT2D eigenvalue weighted by Crippen LogP contribution is -1.92. The van der Waals surface area contributed by atoms with E-state index < -0.39 is 0 Å². The Morgan fingerprint density at radius 3 is 2.44 bits per heavy atom. The molecular formula is C13H12FNO. The van der Waals surface area contributed by atoms with Crippen molar-refractivity contribution in [2.45, 2.75) is 6.92 Å². The molecule has 82 valence electrons. The zero-order valence-electron chi connectivity index (χ0n) is 8.87. The molecule has 0 aliphatic heterocycles. The summed E-state index contributed by atoms with van der Waals surface area (Å²) in [6.45, 7) is 1.72. The van der Waals surface area contributed by atoms with Crippen LogP contribution in [0.3, 0.4) is 0 Å². The summed E-state index contributed by atoms with van der Waals surface area (Å²) < 4.78 is 13.6. The van der Waals surface area contributed by atoms with Crippen LogP contribution >= 0.6 is 0 Å². The minimum absolute atomic E-state index is 0.0146. The summed E-state index contributed by atoms with van der Waals surface area (Å²) in [6.07, 6.45) is 0. The van der Waals surface area contributed by atoms with Gasteiger partial charge in [-0.1, -0.05) is 24.3 Å². The molecule has 0 amide bonds. The first-order chi connectivity index (χ1) is 7.61. The molecule has 0 radical (unpaired) electrons. The summed E-state index contributed by atoms with van der Waals surface area (Å²) in [6, 6.07) is 9.74. The highest BCUT2D eigenvalue weighted by molar-refractivity contribution is 5.74. The molecule has 0 fully saturated rings. The van der Waals surface area contributed by atoms with Crippen LogP contribution in [0.1, 0.15) is 5.56 Å². The van der Waals surface area contributed by atoms with E-state index in [1.54, 1.807) is 37.3 Å². The number of benzene rings is 2. The van der Waals surface area contributed by atoms with Crippen LogP contribution in [0.25, 0.3) is 11.1 Å². The van der Waals surface area contributed by atoms with Gasteiger partial charge in [-0.25, -0.2) is 4.39 Å². The number of hydrogen-bond donors (Lipinski definition) is 2. The van der Waals surface area contributed by atoms with Gasteiger partial charge in [-0.15, -0.1) is 0 Å². The highest BCUT2D eigenvalue weighted by atomic mass is 19.1. The summed E-state index contributed by atoms with van der Waals surface area (Å²) in [4.78, 5) is 0. The average Bonchev–Trinajstić information content (AvgIpc) is 2.28. The van der Waals surface area contributed by atoms with E-state index in [0.717, 1.165) is 0 Å². The van der Waals surface area contributed by atoms with Gasteiger partial charge in [0.25, 0.3) is 0 Å². The van der Waals surface area contributed by atoms with E-state index >= 15 is 0 Å². The van der Waals surface area contributed by atoms with Crippen molar-refractivity contribution in [1.29, 1.82) is 0 Å². The highest BCUT2D eigenvalue weighted by Crippen LogP contribution is 2.34. The molecule has 0 aliphatic carbocycles. The van der Waals surface area contributed by atoms with Gasteiger partial charge in [0, 0.05) is 11.1 Å². The number of phenols is 1. The van der Waals surface area contributed by atoms with Crippen LogP contribution in [0.5, 0.6) is 5.75 Å². The zero-order chi connectivity index (χ0) is 11.7. The third kappa shape index (κ3) is 1.60. The van der Waals surface area contributed by atoms with E-state index in [9.17, 15) is 9.50 Å². The Morgan fingerprint density at radius 2 is 1.75 bits per heavy atom. The smallest absolute Gasteiger partial charge is 0.141 e. The van der Waals surface area contributed by atoms with Crippen molar-refractivity contribution in [2.75, 3.05) is 5.73 Å².